The highest BCUT2D eigenvalue weighted by Crippen LogP contribution is 2.27. The monoisotopic (exact) mass is 461 g/mol. The molecule has 2 heterocycles. The van der Waals surface area contributed by atoms with E-state index in [0.717, 1.165) is 55.0 Å². The second-order valence-corrected chi connectivity index (χ2v) is 8.08. The van der Waals surface area contributed by atoms with Crippen LogP contribution in [-0.4, -0.2) is 35.5 Å². The molecule has 1 aliphatic heterocycles. The molecular formula is C25H28FN7O. The molecular weight excluding hydrogens is 433 g/mol. The molecule has 3 aromatic rings. The molecule has 0 amide bonds. The lowest BCUT2D eigenvalue weighted by atomic mass is 10.0. The Labute approximate surface area is 198 Å². The summed E-state index contributed by atoms with van der Waals surface area (Å²) in [6, 6.07) is 12.5. The van der Waals surface area contributed by atoms with Gasteiger partial charge in [-0.3, -0.25) is 0 Å². The van der Waals surface area contributed by atoms with E-state index >= 15 is 0 Å². The maximum absolute atomic E-state index is 14.5. The van der Waals surface area contributed by atoms with E-state index in [9.17, 15) is 4.39 Å². The summed E-state index contributed by atoms with van der Waals surface area (Å²) >= 11 is 0. The van der Waals surface area contributed by atoms with Gasteiger partial charge in [-0.05, 0) is 48.1 Å². The van der Waals surface area contributed by atoms with Crippen LogP contribution < -0.4 is 10.7 Å². The predicted octanol–water partition coefficient (Wildman–Crippen LogP) is 5.02. The zero-order valence-electron chi connectivity index (χ0n) is 19.1. The second kappa shape index (κ2) is 11.4. The van der Waals surface area contributed by atoms with Crippen LogP contribution in [0.1, 0.15) is 30.9 Å². The van der Waals surface area contributed by atoms with E-state index in [1.807, 2.05) is 36.7 Å². The third kappa shape index (κ3) is 5.99. The number of aryl methyl sites for hydroxylation is 1. The molecule has 0 unspecified atom stereocenters. The first kappa shape index (κ1) is 23.4. The van der Waals surface area contributed by atoms with Crippen LogP contribution in [0.3, 0.4) is 0 Å². The first-order valence-electron chi connectivity index (χ1n) is 11.3. The van der Waals surface area contributed by atoms with E-state index in [1.54, 1.807) is 12.1 Å². The fourth-order valence-electron chi connectivity index (χ4n) is 3.85. The van der Waals surface area contributed by atoms with Gasteiger partial charge in [-0.2, -0.15) is 0 Å². The van der Waals surface area contributed by atoms with Crippen LogP contribution in [0.25, 0.3) is 11.1 Å². The molecule has 0 aliphatic carbocycles. The fourth-order valence-corrected chi connectivity index (χ4v) is 3.85. The minimum atomic E-state index is -0.358. The third-order valence-electron chi connectivity index (χ3n) is 5.85. The van der Waals surface area contributed by atoms with E-state index in [0.29, 0.717) is 17.9 Å². The Bertz CT molecular complexity index is 1130. The summed E-state index contributed by atoms with van der Waals surface area (Å²) in [7, 11) is 0. The summed E-state index contributed by atoms with van der Waals surface area (Å²) in [5.41, 5.74) is 3.94. The van der Waals surface area contributed by atoms with Gasteiger partial charge in [0.2, 0.25) is 5.95 Å². The Morgan fingerprint density at radius 2 is 1.82 bits per heavy atom. The summed E-state index contributed by atoms with van der Waals surface area (Å²) in [5.74, 6) is 5.35. The van der Waals surface area contributed by atoms with Crippen molar-refractivity contribution in [1.29, 1.82) is 0 Å². The van der Waals surface area contributed by atoms with Crippen molar-refractivity contribution in [3.05, 3.63) is 71.8 Å². The Morgan fingerprint density at radius 3 is 2.47 bits per heavy atom. The van der Waals surface area contributed by atoms with Gasteiger partial charge in [0.1, 0.15) is 12.2 Å². The van der Waals surface area contributed by atoms with Crippen LogP contribution in [0.2, 0.25) is 0 Å². The number of piperidine rings is 1. The number of ether oxygens (including phenoxy) is 1. The van der Waals surface area contributed by atoms with Crippen molar-refractivity contribution < 1.29 is 9.13 Å². The molecule has 0 saturated carbocycles. The Morgan fingerprint density at radius 1 is 1.09 bits per heavy atom. The Hall–Kier alpha value is -3.72. The first-order valence-corrected chi connectivity index (χ1v) is 11.3. The molecule has 1 saturated heterocycles. The molecule has 2 N–H and O–H groups in total. The molecule has 0 atom stereocenters. The van der Waals surface area contributed by atoms with Crippen molar-refractivity contribution in [2.45, 2.75) is 38.9 Å². The molecule has 1 fully saturated rings. The molecule has 2 aromatic carbocycles. The number of anilines is 1. The SMILES string of the molecule is CCc1cnc(N2CCC(OCc3ccc(-c4ccc(N=CN=NN)cc4F)cc3)CC2)nc1. The summed E-state index contributed by atoms with van der Waals surface area (Å²) in [5, 5.41) is 6.51. The molecule has 8 nitrogen and oxygen atoms in total. The third-order valence-corrected chi connectivity index (χ3v) is 5.85. The average molecular weight is 462 g/mol. The number of aromatic nitrogens is 2. The number of aliphatic imine (C=N–C) groups is 1. The highest BCUT2D eigenvalue weighted by molar-refractivity contribution is 5.68. The van der Waals surface area contributed by atoms with E-state index in [1.165, 1.54) is 12.4 Å². The molecule has 34 heavy (non-hydrogen) atoms. The van der Waals surface area contributed by atoms with Crippen molar-refractivity contribution in [3.8, 4) is 11.1 Å². The lowest BCUT2D eigenvalue weighted by Crippen LogP contribution is -2.38. The Kier molecular flexibility index (Phi) is 7.87. The molecule has 0 bridgehead atoms. The maximum Gasteiger partial charge on any atom is 0.225 e. The largest absolute Gasteiger partial charge is 0.373 e. The van der Waals surface area contributed by atoms with Crippen LogP contribution in [0.4, 0.5) is 16.0 Å². The molecule has 0 spiro atoms. The van der Waals surface area contributed by atoms with Gasteiger partial charge in [-0.1, -0.05) is 36.4 Å². The van der Waals surface area contributed by atoms with Crippen LogP contribution >= 0.6 is 0 Å². The van der Waals surface area contributed by atoms with E-state index in [4.69, 9.17) is 10.6 Å². The van der Waals surface area contributed by atoms with Gasteiger partial charge >= 0.3 is 0 Å². The van der Waals surface area contributed by atoms with Crippen LogP contribution in [0.15, 0.2) is 70.2 Å². The average Bonchev–Trinajstić information content (AvgIpc) is 2.88. The van der Waals surface area contributed by atoms with Gasteiger partial charge in [0, 0.05) is 37.1 Å². The number of nitrogens with two attached hydrogens (primary N) is 1. The minimum absolute atomic E-state index is 0.204. The van der Waals surface area contributed by atoms with Gasteiger partial charge in [0.05, 0.1) is 18.4 Å². The van der Waals surface area contributed by atoms with Crippen molar-refractivity contribution in [3.63, 3.8) is 0 Å². The first-order chi connectivity index (χ1) is 16.7. The zero-order valence-corrected chi connectivity index (χ0v) is 19.1. The van der Waals surface area contributed by atoms with E-state index in [-0.39, 0.29) is 11.9 Å². The van der Waals surface area contributed by atoms with Gasteiger partial charge in [0.15, 0.2) is 0 Å². The second-order valence-electron chi connectivity index (χ2n) is 8.08. The lowest BCUT2D eigenvalue weighted by Gasteiger charge is -2.32. The molecule has 1 aliphatic rings. The summed E-state index contributed by atoms with van der Waals surface area (Å²) in [4.78, 5) is 15.1. The van der Waals surface area contributed by atoms with Crippen LogP contribution in [0.5, 0.6) is 0 Å². The highest BCUT2D eigenvalue weighted by atomic mass is 19.1. The zero-order chi connectivity index (χ0) is 23.8. The summed E-state index contributed by atoms with van der Waals surface area (Å²) < 4.78 is 20.7. The van der Waals surface area contributed by atoms with Gasteiger partial charge < -0.3 is 15.5 Å². The van der Waals surface area contributed by atoms with Crippen molar-refractivity contribution in [2.24, 2.45) is 21.2 Å². The number of hydrogen-bond acceptors (Lipinski definition) is 6. The molecule has 9 heteroatoms. The number of rotatable bonds is 8. The van der Waals surface area contributed by atoms with Crippen LogP contribution in [0, 0.1) is 5.82 Å². The van der Waals surface area contributed by atoms with Gasteiger partial charge in [-0.25, -0.2) is 19.4 Å². The molecule has 1 aromatic heterocycles. The number of halogens is 1. The highest BCUT2D eigenvalue weighted by Gasteiger charge is 2.21. The summed E-state index contributed by atoms with van der Waals surface area (Å²) in [6.07, 6.45) is 7.99. The van der Waals surface area contributed by atoms with Crippen molar-refractivity contribution >= 4 is 18.0 Å². The van der Waals surface area contributed by atoms with Crippen molar-refractivity contribution in [2.75, 3.05) is 18.0 Å². The maximum atomic E-state index is 14.5. The topological polar surface area (TPSA) is 101 Å². The van der Waals surface area contributed by atoms with E-state index < -0.39 is 0 Å². The van der Waals surface area contributed by atoms with E-state index in [2.05, 4.69) is 37.1 Å². The number of benzene rings is 2. The molecule has 0 radical (unpaired) electrons. The number of hydrogen-bond donors (Lipinski definition) is 1. The fraction of sp³-hybridized carbons (Fsp3) is 0.320. The Balaban J connectivity index is 1.28. The normalized spacial score (nSPS) is 14.9. The molecule has 176 valence electrons. The van der Waals surface area contributed by atoms with Crippen LogP contribution in [-0.2, 0) is 17.8 Å². The van der Waals surface area contributed by atoms with Crippen molar-refractivity contribution in [1.82, 2.24) is 9.97 Å². The lowest BCUT2D eigenvalue weighted by molar-refractivity contribution is 0.0250. The van der Waals surface area contributed by atoms with Gasteiger partial charge in [-0.15, -0.1) is 5.11 Å². The predicted molar refractivity (Wildman–Crippen MR) is 130 cm³/mol. The quantitative estimate of drug-likeness (QED) is 0.167. The molecule has 4 rings (SSSR count). The number of nitrogens with zero attached hydrogens (tertiary/aromatic N) is 6. The smallest absolute Gasteiger partial charge is 0.225 e. The summed E-state index contributed by atoms with van der Waals surface area (Å²) in [6.45, 7) is 4.38. The van der Waals surface area contributed by atoms with Gasteiger partial charge in [0.25, 0.3) is 0 Å². The minimum Gasteiger partial charge on any atom is -0.373 e. The standard InChI is InChI=1S/C25H28FN7O/c1-2-18-14-28-25(29-15-18)33-11-9-22(10-12-33)34-16-19-3-5-20(6-4-19)23-8-7-21(13-24(23)26)30-17-31-32-27/h3-8,13-15,17,22H,2,9-12,16H2,1H3,(H2,27,30,31).